The molecule has 0 saturated heterocycles. The maximum Gasteiger partial charge on any atom is 0.0607 e. The van der Waals surface area contributed by atoms with Crippen LogP contribution in [0.5, 0.6) is 0 Å². The first-order valence-corrected chi connectivity index (χ1v) is 6.28. The average Bonchev–Trinajstić information content (AvgIpc) is 2.38. The maximum atomic E-state index is 10.4. The SMILES string of the molecule is C=CC[C@]1([C@@H](C)CCO)CC(C)(C)C[C@@H]1O. The molecule has 16 heavy (non-hydrogen) atoms. The molecule has 0 unspecified atom stereocenters. The summed E-state index contributed by atoms with van der Waals surface area (Å²) in [5, 5.41) is 19.5. The second-order valence-electron chi connectivity index (χ2n) is 6.20. The van der Waals surface area contributed by atoms with Crippen molar-refractivity contribution in [3.05, 3.63) is 12.7 Å². The second kappa shape index (κ2) is 4.89. The molecule has 0 amide bonds. The normalized spacial score (nSPS) is 34.9. The first-order chi connectivity index (χ1) is 7.38. The van der Waals surface area contributed by atoms with E-state index in [1.807, 2.05) is 6.08 Å². The minimum Gasteiger partial charge on any atom is -0.396 e. The van der Waals surface area contributed by atoms with Gasteiger partial charge in [0.25, 0.3) is 0 Å². The Hall–Kier alpha value is -0.340. The van der Waals surface area contributed by atoms with Crippen LogP contribution in [0.4, 0.5) is 0 Å². The largest absolute Gasteiger partial charge is 0.396 e. The lowest BCUT2D eigenvalue weighted by atomic mass is 9.68. The van der Waals surface area contributed by atoms with Crippen LogP contribution in [-0.2, 0) is 0 Å². The summed E-state index contributed by atoms with van der Waals surface area (Å²) in [5.41, 5.74) is 0.125. The number of allylic oxidation sites excluding steroid dienone is 1. The minimum atomic E-state index is -0.262. The summed E-state index contributed by atoms with van der Waals surface area (Å²) < 4.78 is 0. The Labute approximate surface area is 99.4 Å². The summed E-state index contributed by atoms with van der Waals surface area (Å²) >= 11 is 0. The van der Waals surface area contributed by atoms with Gasteiger partial charge < -0.3 is 10.2 Å². The van der Waals surface area contributed by atoms with E-state index in [1.165, 1.54) is 0 Å². The van der Waals surface area contributed by atoms with Crippen molar-refractivity contribution in [1.82, 2.24) is 0 Å². The van der Waals surface area contributed by atoms with E-state index in [2.05, 4.69) is 27.4 Å². The Morgan fingerprint density at radius 3 is 2.50 bits per heavy atom. The van der Waals surface area contributed by atoms with Crippen LogP contribution in [0.15, 0.2) is 12.7 Å². The van der Waals surface area contributed by atoms with Crippen LogP contribution < -0.4 is 0 Å². The number of rotatable bonds is 5. The molecule has 1 rings (SSSR count). The van der Waals surface area contributed by atoms with Gasteiger partial charge in [-0.05, 0) is 37.0 Å². The average molecular weight is 226 g/mol. The Morgan fingerprint density at radius 2 is 2.12 bits per heavy atom. The molecule has 1 fully saturated rings. The molecule has 0 bridgehead atoms. The maximum absolute atomic E-state index is 10.4. The molecule has 1 aliphatic rings. The second-order valence-corrected chi connectivity index (χ2v) is 6.20. The molecule has 2 heteroatoms. The van der Waals surface area contributed by atoms with Crippen LogP contribution in [0.2, 0.25) is 0 Å². The third-order valence-electron chi connectivity index (χ3n) is 4.29. The Bertz CT molecular complexity index is 247. The zero-order chi connectivity index (χ0) is 12.4. The molecule has 2 nitrogen and oxygen atoms in total. The van der Waals surface area contributed by atoms with Crippen molar-refractivity contribution in [1.29, 1.82) is 0 Å². The number of hydrogen-bond donors (Lipinski definition) is 2. The highest BCUT2D eigenvalue weighted by atomic mass is 16.3. The first kappa shape index (κ1) is 13.7. The van der Waals surface area contributed by atoms with Crippen molar-refractivity contribution >= 4 is 0 Å². The van der Waals surface area contributed by atoms with E-state index in [0.29, 0.717) is 5.92 Å². The van der Waals surface area contributed by atoms with Crippen molar-refractivity contribution in [3.63, 3.8) is 0 Å². The van der Waals surface area contributed by atoms with Gasteiger partial charge in [0.05, 0.1) is 6.10 Å². The molecule has 0 radical (unpaired) electrons. The lowest BCUT2D eigenvalue weighted by molar-refractivity contribution is 0.00438. The number of hydrogen-bond acceptors (Lipinski definition) is 2. The molecule has 1 aliphatic carbocycles. The van der Waals surface area contributed by atoms with E-state index in [9.17, 15) is 5.11 Å². The van der Waals surface area contributed by atoms with Crippen LogP contribution in [0.25, 0.3) is 0 Å². The highest BCUT2D eigenvalue weighted by Gasteiger charge is 2.51. The lowest BCUT2D eigenvalue weighted by Crippen LogP contribution is -2.36. The molecule has 0 aromatic carbocycles. The van der Waals surface area contributed by atoms with Gasteiger partial charge in [0.15, 0.2) is 0 Å². The van der Waals surface area contributed by atoms with E-state index >= 15 is 0 Å². The molecule has 2 N–H and O–H groups in total. The lowest BCUT2D eigenvalue weighted by Gasteiger charge is -2.38. The van der Waals surface area contributed by atoms with Gasteiger partial charge in [-0.25, -0.2) is 0 Å². The minimum absolute atomic E-state index is 0.0754. The summed E-state index contributed by atoms with van der Waals surface area (Å²) in [4.78, 5) is 0. The fourth-order valence-electron chi connectivity index (χ4n) is 3.47. The third-order valence-corrected chi connectivity index (χ3v) is 4.29. The van der Waals surface area contributed by atoms with Gasteiger partial charge in [-0.15, -0.1) is 6.58 Å². The van der Waals surface area contributed by atoms with Crippen molar-refractivity contribution in [3.8, 4) is 0 Å². The number of aliphatic hydroxyl groups excluding tert-OH is 2. The molecule has 0 aromatic heterocycles. The predicted octanol–water partition coefficient (Wildman–Crippen LogP) is 2.75. The third kappa shape index (κ3) is 2.49. The zero-order valence-corrected chi connectivity index (χ0v) is 10.9. The summed E-state index contributed by atoms with van der Waals surface area (Å²) in [5.74, 6) is 0.340. The van der Waals surface area contributed by atoms with Crippen LogP contribution in [0.1, 0.15) is 46.5 Å². The molecular weight excluding hydrogens is 200 g/mol. The Kier molecular flexibility index (Phi) is 4.19. The smallest absolute Gasteiger partial charge is 0.0607 e. The summed E-state index contributed by atoms with van der Waals surface area (Å²) in [6.07, 6.45) is 5.14. The van der Waals surface area contributed by atoms with Crippen molar-refractivity contribution in [2.24, 2.45) is 16.7 Å². The van der Waals surface area contributed by atoms with Crippen LogP contribution in [0.3, 0.4) is 0 Å². The van der Waals surface area contributed by atoms with Crippen LogP contribution in [-0.4, -0.2) is 22.9 Å². The first-order valence-electron chi connectivity index (χ1n) is 6.28. The van der Waals surface area contributed by atoms with Gasteiger partial charge in [0.1, 0.15) is 0 Å². The highest BCUT2D eigenvalue weighted by Crippen LogP contribution is 2.55. The van der Waals surface area contributed by atoms with Crippen LogP contribution >= 0.6 is 0 Å². The zero-order valence-electron chi connectivity index (χ0n) is 10.9. The van der Waals surface area contributed by atoms with Crippen molar-refractivity contribution in [2.45, 2.75) is 52.6 Å². The van der Waals surface area contributed by atoms with E-state index in [-0.39, 0.29) is 23.5 Å². The summed E-state index contributed by atoms with van der Waals surface area (Å²) in [6.45, 7) is 10.6. The van der Waals surface area contributed by atoms with Gasteiger partial charge in [-0.3, -0.25) is 0 Å². The Balaban J connectivity index is 2.92. The summed E-state index contributed by atoms with van der Waals surface area (Å²) in [6, 6.07) is 0. The van der Waals surface area contributed by atoms with Crippen molar-refractivity contribution < 1.29 is 10.2 Å². The fraction of sp³-hybridized carbons (Fsp3) is 0.857. The van der Waals surface area contributed by atoms with E-state index < -0.39 is 0 Å². The van der Waals surface area contributed by atoms with Gasteiger partial charge >= 0.3 is 0 Å². The van der Waals surface area contributed by atoms with Gasteiger partial charge in [0, 0.05) is 12.0 Å². The fourth-order valence-corrected chi connectivity index (χ4v) is 3.47. The highest BCUT2D eigenvalue weighted by molar-refractivity contribution is 5.04. The standard InChI is InChI=1S/C14H26O2/c1-5-7-14(11(2)6-8-15)10-13(3,4)9-12(14)16/h5,11-12,15-16H,1,6-10H2,2-4H3/t11-,12-,14+/m0/s1. The molecular formula is C14H26O2. The van der Waals surface area contributed by atoms with E-state index in [0.717, 1.165) is 25.7 Å². The summed E-state index contributed by atoms with van der Waals surface area (Å²) in [7, 11) is 0. The van der Waals surface area contributed by atoms with Gasteiger partial charge in [-0.1, -0.05) is 26.8 Å². The molecule has 94 valence electrons. The van der Waals surface area contributed by atoms with E-state index in [4.69, 9.17) is 5.11 Å². The molecule has 3 atom stereocenters. The molecule has 1 saturated carbocycles. The van der Waals surface area contributed by atoms with Gasteiger partial charge in [-0.2, -0.15) is 0 Å². The quantitative estimate of drug-likeness (QED) is 0.708. The van der Waals surface area contributed by atoms with Gasteiger partial charge in [0.2, 0.25) is 0 Å². The molecule has 0 spiro atoms. The number of aliphatic hydroxyl groups is 2. The molecule has 0 heterocycles. The van der Waals surface area contributed by atoms with Crippen molar-refractivity contribution in [2.75, 3.05) is 6.61 Å². The Morgan fingerprint density at radius 1 is 1.50 bits per heavy atom. The predicted molar refractivity (Wildman–Crippen MR) is 67.1 cm³/mol. The van der Waals surface area contributed by atoms with Crippen LogP contribution in [0, 0.1) is 16.7 Å². The molecule has 0 aromatic rings. The molecule has 0 aliphatic heterocycles. The monoisotopic (exact) mass is 226 g/mol. The topological polar surface area (TPSA) is 40.5 Å². The van der Waals surface area contributed by atoms with E-state index in [1.54, 1.807) is 0 Å².